The van der Waals surface area contributed by atoms with E-state index in [1.165, 1.54) is 47.7 Å². The molecule has 1 heteroatoms. The molecule has 13 heavy (non-hydrogen) atoms. The molecule has 1 radical (unpaired) electrons. The summed E-state index contributed by atoms with van der Waals surface area (Å²) < 4.78 is 0. The minimum Gasteiger partial charge on any atom is -0.360 e. The van der Waals surface area contributed by atoms with Crippen LogP contribution in [0.5, 0.6) is 0 Å². The molecule has 1 nitrogen and oxygen atoms in total. The van der Waals surface area contributed by atoms with Crippen molar-refractivity contribution in [3.63, 3.8) is 0 Å². The fourth-order valence-electron chi connectivity index (χ4n) is 2.30. The van der Waals surface area contributed by atoms with Crippen molar-refractivity contribution in [1.82, 2.24) is 4.98 Å². The van der Waals surface area contributed by atoms with E-state index in [9.17, 15) is 0 Å². The van der Waals surface area contributed by atoms with Gasteiger partial charge in [0.2, 0.25) is 0 Å². The normalized spacial score (nSPS) is 16.0. The Balaban J connectivity index is 2.34. The van der Waals surface area contributed by atoms with Gasteiger partial charge in [0.25, 0.3) is 0 Å². The van der Waals surface area contributed by atoms with Crippen molar-refractivity contribution >= 4 is 10.9 Å². The maximum atomic E-state index is 3.29. The zero-order chi connectivity index (χ0) is 8.67. The van der Waals surface area contributed by atoms with E-state index in [0.717, 1.165) is 0 Å². The van der Waals surface area contributed by atoms with E-state index < -0.39 is 0 Å². The van der Waals surface area contributed by atoms with E-state index in [4.69, 9.17) is 0 Å². The van der Waals surface area contributed by atoms with E-state index in [0.29, 0.717) is 0 Å². The van der Waals surface area contributed by atoms with Crippen LogP contribution in [0.1, 0.15) is 24.0 Å². The minimum atomic E-state index is 1.24. The highest BCUT2D eigenvalue weighted by Gasteiger charge is 2.12. The van der Waals surface area contributed by atoms with Gasteiger partial charge in [-0.25, -0.2) is 0 Å². The molecule has 1 aliphatic rings. The Labute approximate surface area is 77.8 Å². The molecule has 1 aromatic heterocycles. The van der Waals surface area contributed by atoms with Crippen LogP contribution in [0.4, 0.5) is 0 Å². The predicted octanol–water partition coefficient (Wildman–Crippen LogP) is 2.85. The highest BCUT2D eigenvalue weighted by molar-refractivity contribution is 5.83. The van der Waals surface area contributed by atoms with Crippen LogP contribution in [0.2, 0.25) is 0 Å². The van der Waals surface area contributed by atoms with Crippen molar-refractivity contribution < 1.29 is 0 Å². The largest absolute Gasteiger partial charge is 0.360 e. The third-order valence-electron chi connectivity index (χ3n) is 2.98. The van der Waals surface area contributed by atoms with Gasteiger partial charge in [-0.15, -0.1) is 0 Å². The van der Waals surface area contributed by atoms with Gasteiger partial charge in [0.05, 0.1) is 0 Å². The minimum absolute atomic E-state index is 1.24. The van der Waals surface area contributed by atoms with Crippen molar-refractivity contribution in [3.05, 3.63) is 35.5 Å². The average Bonchev–Trinajstić information content (AvgIpc) is 2.65. The van der Waals surface area contributed by atoms with E-state index in [-0.39, 0.29) is 0 Å². The number of hydrogen-bond acceptors (Lipinski definition) is 0. The van der Waals surface area contributed by atoms with Crippen LogP contribution in [0.15, 0.2) is 18.3 Å². The molecule has 1 aromatic carbocycles. The van der Waals surface area contributed by atoms with Crippen LogP contribution >= 0.6 is 0 Å². The molecule has 0 saturated carbocycles. The monoisotopic (exact) mass is 170 g/mol. The maximum absolute atomic E-state index is 3.29. The zero-order valence-electron chi connectivity index (χ0n) is 7.56. The molecule has 0 saturated heterocycles. The van der Waals surface area contributed by atoms with Crippen molar-refractivity contribution in [1.29, 1.82) is 0 Å². The van der Waals surface area contributed by atoms with Gasteiger partial charge in [-0.2, -0.15) is 0 Å². The van der Waals surface area contributed by atoms with Gasteiger partial charge in [-0.05, 0) is 36.8 Å². The van der Waals surface area contributed by atoms with E-state index >= 15 is 0 Å². The Morgan fingerprint density at radius 2 is 2.08 bits per heavy atom. The fraction of sp³-hybridized carbons (Fsp3) is 0.333. The van der Waals surface area contributed by atoms with Gasteiger partial charge in [-0.1, -0.05) is 12.1 Å². The second-order valence-corrected chi connectivity index (χ2v) is 3.77. The topological polar surface area (TPSA) is 15.8 Å². The van der Waals surface area contributed by atoms with Crippen LogP contribution in [0.3, 0.4) is 0 Å². The zero-order valence-corrected chi connectivity index (χ0v) is 7.56. The molecule has 65 valence electrons. The number of aromatic nitrogens is 1. The lowest BCUT2D eigenvalue weighted by Gasteiger charge is -2.15. The summed E-state index contributed by atoms with van der Waals surface area (Å²) in [6.07, 6.45) is 7.10. The molecule has 0 fully saturated rings. The third-order valence-corrected chi connectivity index (χ3v) is 2.98. The first-order valence-corrected chi connectivity index (χ1v) is 4.95. The van der Waals surface area contributed by atoms with Crippen LogP contribution in [0, 0.1) is 6.07 Å². The maximum Gasteiger partial charge on any atom is 0.0495 e. The highest BCUT2D eigenvalue weighted by atomic mass is 14.7. The van der Waals surface area contributed by atoms with Crippen molar-refractivity contribution in [3.8, 4) is 0 Å². The lowest BCUT2D eigenvalue weighted by atomic mass is 9.90. The Morgan fingerprint density at radius 3 is 3.08 bits per heavy atom. The quantitative estimate of drug-likeness (QED) is 0.625. The summed E-state index contributed by atoms with van der Waals surface area (Å²) >= 11 is 0. The van der Waals surface area contributed by atoms with Gasteiger partial charge in [0, 0.05) is 23.2 Å². The third kappa shape index (κ3) is 0.998. The number of aromatic amines is 1. The van der Waals surface area contributed by atoms with Crippen molar-refractivity contribution in [2.75, 3.05) is 0 Å². The molecule has 0 atom stereocenters. The molecule has 0 aliphatic heterocycles. The molecule has 0 unspecified atom stereocenters. The van der Waals surface area contributed by atoms with Crippen LogP contribution in [0.25, 0.3) is 10.9 Å². The molecule has 0 amide bonds. The Bertz CT molecular complexity index is 439. The first-order chi connectivity index (χ1) is 6.45. The first-order valence-electron chi connectivity index (χ1n) is 4.95. The van der Waals surface area contributed by atoms with E-state index in [1.807, 2.05) is 6.20 Å². The lowest BCUT2D eigenvalue weighted by molar-refractivity contribution is 0.689. The Morgan fingerprint density at radius 1 is 1.15 bits per heavy atom. The van der Waals surface area contributed by atoms with E-state index in [1.54, 1.807) is 0 Å². The summed E-state index contributed by atoms with van der Waals surface area (Å²) in [6, 6.07) is 7.66. The summed E-state index contributed by atoms with van der Waals surface area (Å²) in [7, 11) is 0. The Hall–Kier alpha value is -1.24. The smallest absolute Gasteiger partial charge is 0.0495 e. The SMILES string of the molecule is [c]1c[nH]c2c3c(ccc12)CCCC3. The van der Waals surface area contributed by atoms with Crippen LogP contribution in [-0.2, 0) is 12.8 Å². The molecule has 1 aliphatic carbocycles. The van der Waals surface area contributed by atoms with Gasteiger partial charge >= 0.3 is 0 Å². The van der Waals surface area contributed by atoms with Crippen LogP contribution in [-0.4, -0.2) is 4.98 Å². The van der Waals surface area contributed by atoms with E-state index in [2.05, 4.69) is 23.2 Å². The number of aryl methyl sites for hydroxylation is 2. The molecule has 2 aromatic rings. The standard InChI is InChI=1S/C12H12N/c1-2-4-11-9(3-1)5-6-10-7-8-13-12(10)11/h5-6,8,13H,1-4H2. The lowest BCUT2D eigenvalue weighted by Crippen LogP contribution is -2.02. The molecular weight excluding hydrogens is 158 g/mol. The number of hydrogen-bond donors (Lipinski definition) is 1. The summed E-state index contributed by atoms with van der Waals surface area (Å²) in [5.41, 5.74) is 4.39. The molecule has 0 bridgehead atoms. The Kier molecular flexibility index (Phi) is 1.45. The fourth-order valence-corrected chi connectivity index (χ4v) is 2.30. The molecule has 1 heterocycles. The number of H-pyrrole nitrogens is 1. The summed E-state index contributed by atoms with van der Waals surface area (Å²) in [5.74, 6) is 0. The number of rotatable bonds is 0. The number of benzene rings is 1. The molecule has 3 rings (SSSR count). The van der Waals surface area contributed by atoms with Gasteiger partial charge in [-0.3, -0.25) is 0 Å². The first kappa shape index (κ1) is 7.19. The summed E-state index contributed by atoms with van der Waals surface area (Å²) in [4.78, 5) is 3.29. The van der Waals surface area contributed by atoms with Crippen molar-refractivity contribution in [2.45, 2.75) is 25.7 Å². The van der Waals surface area contributed by atoms with Crippen molar-refractivity contribution in [2.24, 2.45) is 0 Å². The molecular formula is C12H12N. The molecule has 0 spiro atoms. The molecule has 1 N–H and O–H groups in total. The summed E-state index contributed by atoms with van der Waals surface area (Å²) in [5, 5.41) is 1.24. The second-order valence-electron chi connectivity index (χ2n) is 3.77. The predicted molar refractivity (Wildman–Crippen MR) is 53.8 cm³/mol. The van der Waals surface area contributed by atoms with Gasteiger partial charge in [0.1, 0.15) is 0 Å². The van der Waals surface area contributed by atoms with Crippen LogP contribution < -0.4 is 0 Å². The number of nitrogens with one attached hydrogen (secondary N) is 1. The highest BCUT2D eigenvalue weighted by Crippen LogP contribution is 2.27. The number of fused-ring (bicyclic) bond motifs is 3. The summed E-state index contributed by atoms with van der Waals surface area (Å²) in [6.45, 7) is 0. The van der Waals surface area contributed by atoms with Gasteiger partial charge in [0.15, 0.2) is 0 Å². The van der Waals surface area contributed by atoms with Gasteiger partial charge < -0.3 is 4.98 Å². The second kappa shape index (κ2) is 2.63. The average molecular weight is 170 g/mol.